The van der Waals surface area contributed by atoms with Crippen molar-refractivity contribution in [3.63, 3.8) is 0 Å². The molecular formula is C22H23ClO5S. The minimum atomic E-state index is -3.36. The van der Waals surface area contributed by atoms with E-state index >= 15 is 0 Å². The van der Waals surface area contributed by atoms with Crippen molar-refractivity contribution in [1.82, 2.24) is 0 Å². The number of aliphatic carboxylic acids is 1. The summed E-state index contributed by atoms with van der Waals surface area (Å²) < 4.78 is 30.3. The lowest BCUT2D eigenvalue weighted by molar-refractivity contribution is -0.145. The molecule has 2 aromatic carbocycles. The van der Waals surface area contributed by atoms with Crippen LogP contribution < -0.4 is 4.74 Å². The summed E-state index contributed by atoms with van der Waals surface area (Å²) in [5.74, 6) is 5.23. The molecule has 0 saturated heterocycles. The molecule has 0 aliphatic rings. The molecule has 1 unspecified atom stereocenters. The predicted octanol–water partition coefficient (Wildman–Crippen LogP) is 4.47. The maximum atomic E-state index is 12.3. The molecule has 2 rings (SSSR count). The van der Waals surface area contributed by atoms with Crippen molar-refractivity contribution in [1.29, 1.82) is 0 Å². The van der Waals surface area contributed by atoms with Crippen molar-refractivity contribution in [2.24, 2.45) is 0 Å². The first kappa shape index (κ1) is 22.8. The van der Waals surface area contributed by atoms with Crippen LogP contribution in [0.4, 0.5) is 0 Å². The van der Waals surface area contributed by atoms with E-state index in [1.54, 1.807) is 43.3 Å². The van der Waals surface area contributed by atoms with Crippen molar-refractivity contribution in [2.45, 2.75) is 44.6 Å². The van der Waals surface area contributed by atoms with Gasteiger partial charge < -0.3 is 9.84 Å². The Balaban J connectivity index is 2.46. The van der Waals surface area contributed by atoms with Gasteiger partial charge in [0.15, 0.2) is 15.9 Å². The largest absolute Gasteiger partial charge is 0.479 e. The molecule has 0 aliphatic carbocycles. The summed E-state index contributed by atoms with van der Waals surface area (Å²) in [7, 11) is -3.36. The zero-order valence-electron chi connectivity index (χ0n) is 16.5. The van der Waals surface area contributed by atoms with Crippen LogP contribution in [0.1, 0.15) is 43.4 Å². The Morgan fingerprint density at radius 3 is 2.45 bits per heavy atom. The van der Waals surface area contributed by atoms with Crippen LogP contribution in [0.25, 0.3) is 0 Å². The first-order valence-corrected chi connectivity index (χ1v) is 11.3. The minimum Gasteiger partial charge on any atom is -0.479 e. The van der Waals surface area contributed by atoms with Crippen LogP contribution in [-0.4, -0.2) is 31.4 Å². The fourth-order valence-electron chi connectivity index (χ4n) is 2.61. The Morgan fingerprint density at radius 1 is 1.14 bits per heavy atom. The number of carboxylic acids is 1. The van der Waals surface area contributed by atoms with Gasteiger partial charge in [0.05, 0.1) is 16.2 Å². The molecule has 0 aromatic heterocycles. The number of benzene rings is 2. The Labute approximate surface area is 176 Å². The van der Waals surface area contributed by atoms with Gasteiger partial charge in [0.25, 0.3) is 0 Å². The van der Waals surface area contributed by atoms with E-state index in [4.69, 9.17) is 16.3 Å². The summed E-state index contributed by atoms with van der Waals surface area (Å²) >= 11 is 6.06. The van der Waals surface area contributed by atoms with Crippen molar-refractivity contribution in [3.05, 3.63) is 58.1 Å². The third-order valence-electron chi connectivity index (χ3n) is 4.23. The van der Waals surface area contributed by atoms with E-state index in [0.29, 0.717) is 34.7 Å². The molecule has 2 aromatic rings. The van der Waals surface area contributed by atoms with Crippen LogP contribution in [0.3, 0.4) is 0 Å². The second-order valence-corrected chi connectivity index (χ2v) is 9.08. The molecule has 0 heterocycles. The number of carboxylic acid groups (broad SMARTS) is 1. The van der Waals surface area contributed by atoms with Crippen LogP contribution in [0.2, 0.25) is 5.02 Å². The highest BCUT2D eigenvalue weighted by Gasteiger charge is 2.18. The first-order valence-electron chi connectivity index (χ1n) is 9.22. The van der Waals surface area contributed by atoms with Crippen LogP contribution in [0.15, 0.2) is 41.3 Å². The Kier molecular flexibility index (Phi) is 7.72. The van der Waals surface area contributed by atoms with Gasteiger partial charge in [-0.3, -0.25) is 0 Å². The summed E-state index contributed by atoms with van der Waals surface area (Å²) in [4.78, 5) is 11.5. The Morgan fingerprint density at radius 2 is 1.83 bits per heavy atom. The second kappa shape index (κ2) is 9.82. The molecule has 0 bridgehead atoms. The number of halogens is 1. The molecule has 5 nitrogen and oxygen atoms in total. The van der Waals surface area contributed by atoms with Crippen molar-refractivity contribution < 1.29 is 23.1 Å². The normalized spacial score (nSPS) is 12.0. The Bertz CT molecular complexity index is 1060. The molecule has 0 saturated carbocycles. The number of carbonyl (C=O) groups is 1. The fourth-order valence-corrected chi connectivity index (χ4v) is 4.13. The van der Waals surface area contributed by atoms with Gasteiger partial charge in [0, 0.05) is 10.6 Å². The van der Waals surface area contributed by atoms with Crippen molar-refractivity contribution in [2.75, 3.05) is 5.75 Å². The van der Waals surface area contributed by atoms with E-state index in [-0.39, 0.29) is 10.6 Å². The maximum absolute atomic E-state index is 12.3. The van der Waals surface area contributed by atoms with Gasteiger partial charge in [-0.15, -0.1) is 0 Å². The third kappa shape index (κ3) is 5.99. The lowest BCUT2D eigenvalue weighted by atomic mass is 10.1. The first-order chi connectivity index (χ1) is 13.7. The van der Waals surface area contributed by atoms with Gasteiger partial charge in [0.1, 0.15) is 5.75 Å². The smallest absolute Gasteiger partial charge is 0.344 e. The van der Waals surface area contributed by atoms with E-state index in [2.05, 4.69) is 11.8 Å². The highest BCUT2D eigenvalue weighted by Crippen LogP contribution is 2.24. The highest BCUT2D eigenvalue weighted by atomic mass is 35.5. The van der Waals surface area contributed by atoms with Gasteiger partial charge in [0.2, 0.25) is 0 Å². The van der Waals surface area contributed by atoms with E-state index in [1.165, 1.54) is 0 Å². The summed E-state index contributed by atoms with van der Waals surface area (Å²) in [6, 6.07) is 9.63. The second-order valence-electron chi connectivity index (χ2n) is 6.54. The molecular weight excluding hydrogens is 412 g/mol. The summed E-state index contributed by atoms with van der Waals surface area (Å²) in [6.45, 7) is 5.37. The molecule has 0 radical (unpaired) electrons. The van der Waals surface area contributed by atoms with E-state index in [1.807, 2.05) is 13.8 Å². The quantitative estimate of drug-likeness (QED) is 0.650. The monoisotopic (exact) mass is 434 g/mol. The average molecular weight is 435 g/mol. The van der Waals surface area contributed by atoms with E-state index in [0.717, 1.165) is 5.56 Å². The molecule has 29 heavy (non-hydrogen) atoms. The SMILES string of the molecule is CCCS(=O)(=O)c1ccc(C)c(C#Cc2cc(Cl)ccc2OC(CC)C(=O)O)c1. The van der Waals surface area contributed by atoms with Gasteiger partial charge in [-0.1, -0.05) is 43.4 Å². The zero-order chi connectivity index (χ0) is 21.6. The van der Waals surface area contributed by atoms with Crippen LogP contribution in [0, 0.1) is 18.8 Å². The number of rotatable bonds is 7. The molecule has 0 aliphatic heterocycles. The Hall–Kier alpha value is -2.49. The number of ether oxygens (including phenoxy) is 1. The number of sulfone groups is 1. The molecule has 7 heteroatoms. The predicted molar refractivity (Wildman–Crippen MR) is 113 cm³/mol. The van der Waals surface area contributed by atoms with Gasteiger partial charge >= 0.3 is 5.97 Å². The van der Waals surface area contributed by atoms with Crippen LogP contribution in [0.5, 0.6) is 5.75 Å². The van der Waals surface area contributed by atoms with Gasteiger partial charge in [-0.2, -0.15) is 0 Å². The molecule has 1 atom stereocenters. The van der Waals surface area contributed by atoms with Crippen molar-refractivity contribution >= 4 is 27.4 Å². The summed E-state index contributed by atoms with van der Waals surface area (Å²) in [5, 5.41) is 9.66. The molecule has 0 fully saturated rings. The number of aryl methyl sites for hydroxylation is 1. The molecule has 0 spiro atoms. The number of hydrogen-bond donors (Lipinski definition) is 1. The number of hydrogen-bond acceptors (Lipinski definition) is 4. The zero-order valence-corrected chi connectivity index (χ0v) is 18.1. The van der Waals surface area contributed by atoms with Gasteiger partial charge in [-0.05, 0) is 55.7 Å². The topological polar surface area (TPSA) is 80.7 Å². The molecule has 154 valence electrons. The average Bonchev–Trinajstić information content (AvgIpc) is 2.66. The lowest BCUT2D eigenvalue weighted by Gasteiger charge is -2.14. The lowest BCUT2D eigenvalue weighted by Crippen LogP contribution is -2.26. The highest BCUT2D eigenvalue weighted by molar-refractivity contribution is 7.91. The van der Waals surface area contributed by atoms with Gasteiger partial charge in [-0.25, -0.2) is 13.2 Å². The minimum absolute atomic E-state index is 0.0722. The summed E-state index contributed by atoms with van der Waals surface area (Å²) in [6.07, 6.45) is -0.176. The summed E-state index contributed by atoms with van der Waals surface area (Å²) in [5.41, 5.74) is 1.83. The van der Waals surface area contributed by atoms with E-state index in [9.17, 15) is 18.3 Å². The molecule has 1 N–H and O–H groups in total. The van der Waals surface area contributed by atoms with Crippen LogP contribution in [-0.2, 0) is 14.6 Å². The maximum Gasteiger partial charge on any atom is 0.344 e. The van der Waals surface area contributed by atoms with E-state index < -0.39 is 21.9 Å². The molecule has 0 amide bonds. The third-order valence-corrected chi connectivity index (χ3v) is 6.38. The van der Waals surface area contributed by atoms with Crippen molar-refractivity contribution in [3.8, 4) is 17.6 Å². The standard InChI is InChI=1S/C22H23ClO5S/c1-4-12-29(26,27)19-10-6-15(3)16(14-19)7-8-17-13-18(23)9-11-21(17)28-20(5-2)22(24)25/h6,9-11,13-14,20H,4-5,12H2,1-3H3,(H,24,25). The fraction of sp³-hybridized carbons (Fsp3) is 0.318. The van der Waals surface area contributed by atoms with Crippen LogP contribution >= 0.6 is 11.6 Å².